The lowest BCUT2D eigenvalue weighted by atomic mass is 9.87. The number of nitrogens with one attached hydrogen (secondary N) is 1. The van der Waals surface area contributed by atoms with Crippen molar-refractivity contribution in [1.82, 2.24) is 20.2 Å². The van der Waals surface area contributed by atoms with Gasteiger partial charge in [0.25, 0.3) is 5.91 Å². The molecule has 1 aromatic heterocycles. The Bertz CT molecular complexity index is 1410. The molecule has 196 valence electrons. The predicted molar refractivity (Wildman–Crippen MR) is 152 cm³/mol. The first kappa shape index (κ1) is 26.9. The molecule has 0 aliphatic rings. The van der Waals surface area contributed by atoms with Gasteiger partial charge >= 0.3 is 0 Å². The molecular weight excluding hydrogens is 498 g/mol. The number of methoxy groups -OCH3 is 2. The van der Waals surface area contributed by atoms with E-state index in [0.717, 1.165) is 16.8 Å². The number of para-hydroxylation sites is 1. The Kier molecular flexibility index (Phi) is 8.48. The summed E-state index contributed by atoms with van der Waals surface area (Å²) in [6.07, 6.45) is 1.55. The first-order valence-corrected chi connectivity index (χ1v) is 13.1. The zero-order valence-corrected chi connectivity index (χ0v) is 23.0. The van der Waals surface area contributed by atoms with Gasteiger partial charge in [-0.25, -0.2) is 5.43 Å². The summed E-state index contributed by atoms with van der Waals surface area (Å²) in [5.74, 6) is 1.79. The summed E-state index contributed by atoms with van der Waals surface area (Å²) in [5.41, 5.74) is 6.50. The number of rotatable bonds is 9. The number of aromatic nitrogens is 3. The Morgan fingerprint density at radius 3 is 2.34 bits per heavy atom. The van der Waals surface area contributed by atoms with Crippen molar-refractivity contribution < 1.29 is 14.3 Å². The van der Waals surface area contributed by atoms with Gasteiger partial charge in [0, 0.05) is 11.3 Å². The third-order valence-corrected chi connectivity index (χ3v) is 6.73. The second-order valence-electron chi connectivity index (χ2n) is 9.50. The quantitative estimate of drug-likeness (QED) is 0.175. The Balaban J connectivity index is 1.49. The molecule has 8 nitrogen and oxygen atoms in total. The van der Waals surface area contributed by atoms with Crippen LogP contribution in [-0.4, -0.2) is 46.9 Å². The van der Waals surface area contributed by atoms with E-state index in [1.165, 1.54) is 17.3 Å². The number of hydrogen-bond donors (Lipinski definition) is 1. The molecule has 0 saturated carbocycles. The first-order valence-electron chi connectivity index (χ1n) is 12.1. The molecule has 0 spiro atoms. The highest BCUT2D eigenvalue weighted by atomic mass is 32.2. The van der Waals surface area contributed by atoms with E-state index in [-0.39, 0.29) is 17.1 Å². The molecule has 1 amide bonds. The summed E-state index contributed by atoms with van der Waals surface area (Å²) in [6, 6.07) is 23.6. The number of hydrazone groups is 1. The van der Waals surface area contributed by atoms with Crippen LogP contribution in [0.25, 0.3) is 17.1 Å². The van der Waals surface area contributed by atoms with Crippen LogP contribution in [0.3, 0.4) is 0 Å². The van der Waals surface area contributed by atoms with Crippen molar-refractivity contribution in [3.05, 3.63) is 83.9 Å². The molecule has 0 aliphatic carbocycles. The second kappa shape index (κ2) is 12.0. The van der Waals surface area contributed by atoms with Crippen molar-refractivity contribution in [2.75, 3.05) is 20.0 Å². The van der Waals surface area contributed by atoms with E-state index in [9.17, 15) is 4.79 Å². The van der Waals surface area contributed by atoms with Crippen LogP contribution in [0.4, 0.5) is 0 Å². The highest BCUT2D eigenvalue weighted by molar-refractivity contribution is 7.99. The molecule has 4 aromatic rings. The molecule has 0 bridgehead atoms. The van der Waals surface area contributed by atoms with Gasteiger partial charge in [0.1, 0.15) is 0 Å². The molecule has 0 atom stereocenters. The maximum Gasteiger partial charge on any atom is 0.250 e. The van der Waals surface area contributed by atoms with Crippen LogP contribution in [0.15, 0.2) is 83.1 Å². The molecule has 0 fully saturated rings. The predicted octanol–water partition coefficient (Wildman–Crippen LogP) is 5.49. The highest BCUT2D eigenvalue weighted by Crippen LogP contribution is 2.30. The first-order chi connectivity index (χ1) is 18.3. The van der Waals surface area contributed by atoms with Crippen molar-refractivity contribution in [1.29, 1.82) is 0 Å². The lowest BCUT2D eigenvalue weighted by Crippen LogP contribution is -2.20. The Morgan fingerprint density at radius 2 is 1.68 bits per heavy atom. The van der Waals surface area contributed by atoms with Gasteiger partial charge in [-0.05, 0) is 46.9 Å². The van der Waals surface area contributed by atoms with Crippen molar-refractivity contribution in [3.63, 3.8) is 0 Å². The van der Waals surface area contributed by atoms with Crippen molar-refractivity contribution in [2.45, 2.75) is 31.3 Å². The topological polar surface area (TPSA) is 90.6 Å². The molecule has 38 heavy (non-hydrogen) atoms. The number of benzene rings is 3. The van der Waals surface area contributed by atoms with Gasteiger partial charge in [-0.3, -0.25) is 9.36 Å². The zero-order chi connectivity index (χ0) is 27.1. The highest BCUT2D eigenvalue weighted by Gasteiger charge is 2.19. The number of hydrogen-bond acceptors (Lipinski definition) is 7. The van der Waals surface area contributed by atoms with Crippen LogP contribution in [0.2, 0.25) is 0 Å². The second-order valence-corrected chi connectivity index (χ2v) is 10.4. The number of nitrogens with zero attached hydrogens (tertiary/aromatic N) is 4. The molecular formula is C29H31N5O3S. The van der Waals surface area contributed by atoms with Crippen LogP contribution >= 0.6 is 11.8 Å². The number of amides is 1. The van der Waals surface area contributed by atoms with E-state index in [1.54, 1.807) is 32.6 Å². The van der Waals surface area contributed by atoms with Gasteiger partial charge < -0.3 is 9.47 Å². The fourth-order valence-corrected chi connectivity index (χ4v) is 4.50. The number of ether oxygens (including phenoxy) is 2. The van der Waals surface area contributed by atoms with Gasteiger partial charge in [-0.2, -0.15) is 5.10 Å². The molecule has 0 aliphatic heterocycles. The van der Waals surface area contributed by atoms with Gasteiger partial charge in [-0.1, -0.05) is 75.0 Å². The molecule has 9 heteroatoms. The van der Waals surface area contributed by atoms with Crippen LogP contribution in [0.1, 0.15) is 31.9 Å². The summed E-state index contributed by atoms with van der Waals surface area (Å²) in [4.78, 5) is 12.5. The Hall–Kier alpha value is -4.11. The molecule has 3 aromatic carbocycles. The molecule has 0 saturated heterocycles. The third-order valence-electron chi connectivity index (χ3n) is 5.80. The monoisotopic (exact) mass is 529 g/mol. The van der Waals surface area contributed by atoms with E-state index in [1.807, 2.05) is 41.0 Å². The lowest BCUT2D eigenvalue weighted by Gasteiger charge is -2.19. The summed E-state index contributed by atoms with van der Waals surface area (Å²) < 4.78 is 12.5. The minimum Gasteiger partial charge on any atom is -0.493 e. The average molecular weight is 530 g/mol. The van der Waals surface area contributed by atoms with Gasteiger partial charge in [0.2, 0.25) is 0 Å². The molecule has 0 radical (unpaired) electrons. The summed E-state index contributed by atoms with van der Waals surface area (Å²) >= 11 is 1.30. The summed E-state index contributed by atoms with van der Waals surface area (Å²) in [6.45, 7) is 6.56. The number of carbonyl (C=O) groups is 1. The number of carbonyl (C=O) groups excluding carboxylic acids is 1. The summed E-state index contributed by atoms with van der Waals surface area (Å²) in [5, 5.41) is 13.6. The van der Waals surface area contributed by atoms with Crippen molar-refractivity contribution >= 4 is 23.9 Å². The van der Waals surface area contributed by atoms with Crippen LogP contribution < -0.4 is 14.9 Å². The standard InChI is InChI=1S/C29H31N5O3S/c1-29(2,3)22-14-12-21(13-15-22)27-32-33-28(34(27)23-9-7-6-8-10-23)38-19-26(35)31-30-18-20-11-16-24(36-4)25(17-20)37-5/h6-18H,19H2,1-5H3,(H,31,35)/b30-18+. The van der Waals surface area contributed by atoms with Gasteiger partial charge in [0.05, 0.1) is 26.2 Å². The minimum absolute atomic E-state index is 0.0575. The fourth-order valence-electron chi connectivity index (χ4n) is 3.75. The maximum absolute atomic E-state index is 12.5. The molecule has 1 heterocycles. The third kappa shape index (κ3) is 6.41. The van der Waals surface area contributed by atoms with Gasteiger partial charge in [-0.15, -0.1) is 10.2 Å². The van der Waals surface area contributed by atoms with E-state index in [4.69, 9.17) is 9.47 Å². The van der Waals surface area contributed by atoms with Crippen LogP contribution in [0, 0.1) is 0 Å². The Labute approximate surface area is 227 Å². The number of thioether (sulfide) groups is 1. The van der Waals surface area contributed by atoms with Crippen molar-refractivity contribution in [2.24, 2.45) is 5.10 Å². The normalized spacial score (nSPS) is 11.5. The lowest BCUT2D eigenvalue weighted by molar-refractivity contribution is -0.118. The molecule has 0 unspecified atom stereocenters. The minimum atomic E-state index is -0.259. The smallest absolute Gasteiger partial charge is 0.250 e. The fraction of sp³-hybridized carbons (Fsp3) is 0.241. The van der Waals surface area contributed by atoms with Crippen molar-refractivity contribution in [3.8, 4) is 28.6 Å². The average Bonchev–Trinajstić information content (AvgIpc) is 3.36. The zero-order valence-electron chi connectivity index (χ0n) is 22.1. The SMILES string of the molecule is COc1ccc(/C=N/NC(=O)CSc2nnc(-c3ccc(C(C)(C)C)cc3)n2-c2ccccc2)cc1OC. The van der Waals surface area contributed by atoms with E-state index < -0.39 is 0 Å². The largest absolute Gasteiger partial charge is 0.493 e. The van der Waals surface area contributed by atoms with E-state index in [0.29, 0.717) is 22.5 Å². The Morgan fingerprint density at radius 1 is 0.974 bits per heavy atom. The molecule has 4 rings (SSSR count). The van der Waals surface area contributed by atoms with E-state index >= 15 is 0 Å². The molecule has 1 N–H and O–H groups in total. The van der Waals surface area contributed by atoms with Gasteiger partial charge in [0.15, 0.2) is 22.5 Å². The van der Waals surface area contributed by atoms with E-state index in [2.05, 4.69) is 65.8 Å². The van der Waals surface area contributed by atoms with Crippen LogP contribution in [0.5, 0.6) is 11.5 Å². The van der Waals surface area contributed by atoms with Crippen LogP contribution in [-0.2, 0) is 10.2 Å². The maximum atomic E-state index is 12.5. The summed E-state index contributed by atoms with van der Waals surface area (Å²) in [7, 11) is 3.14.